The van der Waals surface area contributed by atoms with Gasteiger partial charge in [0.15, 0.2) is 0 Å². The zero-order valence-corrected chi connectivity index (χ0v) is 8.59. The number of hydrogen-bond acceptors (Lipinski definition) is 3. The Balaban J connectivity index is 1.63. The van der Waals surface area contributed by atoms with Crippen molar-refractivity contribution in [1.29, 1.82) is 0 Å². The maximum atomic E-state index is 10.5. The van der Waals surface area contributed by atoms with Gasteiger partial charge >= 0.3 is 5.97 Å². The smallest absolute Gasteiger partial charge is 0.306 e. The fourth-order valence-electron chi connectivity index (χ4n) is 1.57. The molecule has 1 aliphatic rings. The second-order valence-corrected chi connectivity index (χ2v) is 4.68. The Morgan fingerprint density at radius 3 is 3.14 bits per heavy atom. The summed E-state index contributed by atoms with van der Waals surface area (Å²) >= 11 is 1.72. The fraction of sp³-hybridized carbons (Fsp3) is 0.500. The van der Waals surface area contributed by atoms with Crippen molar-refractivity contribution in [1.82, 2.24) is 5.32 Å². The molecule has 0 aromatic carbocycles. The van der Waals surface area contributed by atoms with Crippen molar-refractivity contribution in [2.24, 2.45) is 11.8 Å². The molecule has 0 radical (unpaired) electrons. The summed E-state index contributed by atoms with van der Waals surface area (Å²) in [4.78, 5) is 11.8. The highest BCUT2D eigenvalue weighted by Gasteiger charge is 2.42. The Morgan fingerprint density at radius 1 is 1.71 bits per heavy atom. The van der Waals surface area contributed by atoms with Crippen LogP contribution in [0.15, 0.2) is 17.5 Å². The van der Waals surface area contributed by atoms with Crippen molar-refractivity contribution in [2.45, 2.75) is 13.0 Å². The minimum atomic E-state index is -0.645. The van der Waals surface area contributed by atoms with E-state index in [9.17, 15) is 4.79 Å². The van der Waals surface area contributed by atoms with Crippen molar-refractivity contribution in [3.05, 3.63) is 22.4 Å². The average molecular weight is 211 g/mol. The van der Waals surface area contributed by atoms with Gasteiger partial charge < -0.3 is 10.4 Å². The summed E-state index contributed by atoms with van der Waals surface area (Å²) in [5.41, 5.74) is 0. The monoisotopic (exact) mass is 211 g/mol. The van der Waals surface area contributed by atoms with Crippen LogP contribution in [0.1, 0.15) is 11.3 Å². The molecule has 1 aromatic heterocycles. The molecule has 0 aliphatic heterocycles. The summed E-state index contributed by atoms with van der Waals surface area (Å²) in [5, 5.41) is 14.0. The van der Waals surface area contributed by atoms with Gasteiger partial charge in [0.05, 0.1) is 5.92 Å². The molecule has 0 saturated heterocycles. The summed E-state index contributed by atoms with van der Waals surface area (Å²) in [6.45, 7) is 1.69. The van der Waals surface area contributed by atoms with Gasteiger partial charge in [-0.05, 0) is 30.3 Å². The van der Waals surface area contributed by atoms with E-state index in [1.165, 1.54) is 4.88 Å². The summed E-state index contributed by atoms with van der Waals surface area (Å²) in [6, 6.07) is 4.11. The molecule has 14 heavy (non-hydrogen) atoms. The molecule has 1 heterocycles. The van der Waals surface area contributed by atoms with Crippen molar-refractivity contribution in [3.63, 3.8) is 0 Å². The van der Waals surface area contributed by atoms with Gasteiger partial charge in [0.1, 0.15) is 0 Å². The minimum absolute atomic E-state index is 0.0918. The van der Waals surface area contributed by atoms with Crippen LogP contribution in [0.5, 0.6) is 0 Å². The summed E-state index contributed by atoms with van der Waals surface area (Å²) in [5.74, 6) is -0.383. The van der Waals surface area contributed by atoms with Gasteiger partial charge in [-0.1, -0.05) is 6.07 Å². The highest BCUT2D eigenvalue weighted by atomic mass is 32.1. The lowest BCUT2D eigenvalue weighted by molar-refractivity contribution is -0.138. The molecule has 0 amide bonds. The van der Waals surface area contributed by atoms with Crippen LogP contribution in [0.3, 0.4) is 0 Å². The third-order valence-electron chi connectivity index (χ3n) is 2.53. The van der Waals surface area contributed by atoms with Crippen LogP contribution in [0, 0.1) is 11.8 Å². The van der Waals surface area contributed by atoms with Crippen molar-refractivity contribution in [2.75, 3.05) is 6.54 Å². The third kappa shape index (κ3) is 2.33. The van der Waals surface area contributed by atoms with Crippen LogP contribution >= 0.6 is 11.3 Å². The zero-order chi connectivity index (χ0) is 9.97. The number of aliphatic carboxylic acids is 1. The maximum absolute atomic E-state index is 10.5. The second-order valence-electron chi connectivity index (χ2n) is 3.65. The lowest BCUT2D eigenvalue weighted by Gasteiger charge is -2.00. The van der Waals surface area contributed by atoms with Crippen LogP contribution in [0.2, 0.25) is 0 Å². The van der Waals surface area contributed by atoms with Crippen molar-refractivity contribution < 1.29 is 9.90 Å². The molecule has 1 aromatic rings. The predicted octanol–water partition coefficient (Wildman–Crippen LogP) is 1.56. The number of carboxylic acid groups (broad SMARTS) is 1. The Bertz CT molecular complexity index is 310. The number of carboxylic acids is 1. The van der Waals surface area contributed by atoms with E-state index in [4.69, 9.17) is 5.11 Å². The molecule has 1 saturated carbocycles. The van der Waals surface area contributed by atoms with Crippen LogP contribution in [-0.4, -0.2) is 17.6 Å². The zero-order valence-electron chi connectivity index (χ0n) is 7.77. The molecule has 76 valence electrons. The third-order valence-corrected chi connectivity index (χ3v) is 3.40. The first kappa shape index (κ1) is 9.68. The summed E-state index contributed by atoms with van der Waals surface area (Å²) < 4.78 is 0. The standard InChI is InChI=1S/C10H13NO2S/c12-10(13)9-4-7(9)5-11-6-8-2-1-3-14-8/h1-3,7,9,11H,4-6H2,(H,12,13). The van der Waals surface area contributed by atoms with E-state index in [0.29, 0.717) is 5.92 Å². The largest absolute Gasteiger partial charge is 0.481 e. The lowest BCUT2D eigenvalue weighted by atomic mass is 10.3. The molecule has 0 bridgehead atoms. The van der Waals surface area contributed by atoms with Crippen molar-refractivity contribution in [3.8, 4) is 0 Å². The molecule has 2 unspecified atom stereocenters. The molecule has 0 spiro atoms. The molecule has 1 fully saturated rings. The summed E-state index contributed by atoms with van der Waals surface area (Å²) in [6.07, 6.45) is 0.840. The van der Waals surface area contributed by atoms with E-state index < -0.39 is 5.97 Å². The van der Waals surface area contributed by atoms with E-state index >= 15 is 0 Å². The Hall–Kier alpha value is -0.870. The molecule has 2 N–H and O–H groups in total. The van der Waals surface area contributed by atoms with Crippen molar-refractivity contribution >= 4 is 17.3 Å². The van der Waals surface area contributed by atoms with E-state index in [0.717, 1.165) is 19.5 Å². The van der Waals surface area contributed by atoms with Gasteiger partial charge in [0.25, 0.3) is 0 Å². The molecular weight excluding hydrogens is 198 g/mol. The highest BCUT2D eigenvalue weighted by Crippen LogP contribution is 2.37. The lowest BCUT2D eigenvalue weighted by Crippen LogP contribution is -2.17. The Kier molecular flexibility index (Phi) is 2.84. The summed E-state index contributed by atoms with van der Waals surface area (Å²) in [7, 11) is 0. The normalized spacial score (nSPS) is 24.9. The molecule has 1 aliphatic carbocycles. The molecule has 4 heteroatoms. The van der Waals surface area contributed by atoms with Gasteiger partial charge in [-0.2, -0.15) is 0 Å². The number of hydrogen-bond donors (Lipinski definition) is 2. The van der Waals surface area contributed by atoms with E-state index in [1.54, 1.807) is 11.3 Å². The number of thiophene rings is 1. The molecule has 3 nitrogen and oxygen atoms in total. The van der Waals surface area contributed by atoms with Gasteiger partial charge in [-0.25, -0.2) is 0 Å². The van der Waals surface area contributed by atoms with Gasteiger partial charge in [-0.15, -0.1) is 11.3 Å². The first-order valence-corrected chi connectivity index (χ1v) is 5.61. The van der Waals surface area contributed by atoms with Crippen LogP contribution in [0.25, 0.3) is 0 Å². The average Bonchev–Trinajstić information content (AvgIpc) is 2.73. The first-order chi connectivity index (χ1) is 6.77. The predicted molar refractivity (Wildman–Crippen MR) is 55.3 cm³/mol. The first-order valence-electron chi connectivity index (χ1n) is 4.73. The van der Waals surface area contributed by atoms with Crippen LogP contribution in [-0.2, 0) is 11.3 Å². The quantitative estimate of drug-likeness (QED) is 0.777. The van der Waals surface area contributed by atoms with Gasteiger partial charge in [0.2, 0.25) is 0 Å². The van der Waals surface area contributed by atoms with Crippen LogP contribution < -0.4 is 5.32 Å². The number of nitrogens with one attached hydrogen (secondary N) is 1. The second kappa shape index (κ2) is 4.11. The SMILES string of the molecule is O=C(O)C1CC1CNCc1cccs1. The Morgan fingerprint density at radius 2 is 2.57 bits per heavy atom. The molecular formula is C10H13NO2S. The Labute approximate surface area is 86.8 Å². The van der Waals surface area contributed by atoms with Crippen LogP contribution in [0.4, 0.5) is 0 Å². The number of carbonyl (C=O) groups is 1. The highest BCUT2D eigenvalue weighted by molar-refractivity contribution is 7.09. The van der Waals surface area contributed by atoms with E-state index in [1.807, 2.05) is 11.4 Å². The topological polar surface area (TPSA) is 49.3 Å². The van der Waals surface area contributed by atoms with Gasteiger partial charge in [0, 0.05) is 11.4 Å². The number of rotatable bonds is 5. The maximum Gasteiger partial charge on any atom is 0.306 e. The minimum Gasteiger partial charge on any atom is -0.481 e. The molecule has 2 atom stereocenters. The van der Waals surface area contributed by atoms with Gasteiger partial charge in [-0.3, -0.25) is 4.79 Å². The van der Waals surface area contributed by atoms with E-state index in [-0.39, 0.29) is 5.92 Å². The fourth-order valence-corrected chi connectivity index (χ4v) is 2.24. The molecule has 2 rings (SSSR count). The van der Waals surface area contributed by atoms with E-state index in [2.05, 4.69) is 11.4 Å².